The van der Waals surface area contributed by atoms with Crippen LogP contribution in [0.1, 0.15) is 59.8 Å². The van der Waals surface area contributed by atoms with E-state index in [4.69, 9.17) is 0 Å². The number of rotatable bonds is 4. The average molecular weight is 228 g/mol. The molecule has 0 heterocycles. The summed E-state index contributed by atoms with van der Waals surface area (Å²) in [5.41, 5.74) is -0.960. The van der Waals surface area contributed by atoms with Crippen molar-refractivity contribution in [3.05, 3.63) is 0 Å². The third kappa shape index (κ3) is 2.28. The van der Waals surface area contributed by atoms with Crippen molar-refractivity contribution in [2.24, 2.45) is 17.3 Å². The van der Waals surface area contributed by atoms with Gasteiger partial charge in [-0.1, -0.05) is 27.7 Å². The lowest BCUT2D eigenvalue weighted by molar-refractivity contribution is -0.147. The minimum Gasteiger partial charge on any atom is -0.396 e. The van der Waals surface area contributed by atoms with E-state index in [1.54, 1.807) is 0 Å². The maximum absolute atomic E-state index is 10.8. The summed E-state index contributed by atoms with van der Waals surface area (Å²) in [6, 6.07) is 0. The summed E-state index contributed by atoms with van der Waals surface area (Å²) in [6.07, 6.45) is 4.64. The van der Waals surface area contributed by atoms with Gasteiger partial charge in [0.2, 0.25) is 0 Å². The molecule has 0 aliphatic heterocycles. The first kappa shape index (κ1) is 14.0. The lowest BCUT2D eigenvalue weighted by Gasteiger charge is -2.51. The van der Waals surface area contributed by atoms with Gasteiger partial charge in [-0.15, -0.1) is 0 Å². The Morgan fingerprint density at radius 3 is 1.88 bits per heavy atom. The van der Waals surface area contributed by atoms with Gasteiger partial charge in [-0.3, -0.25) is 0 Å². The Bertz CT molecular complexity index is 211. The van der Waals surface area contributed by atoms with E-state index in [0.29, 0.717) is 11.8 Å². The van der Waals surface area contributed by atoms with Gasteiger partial charge in [0.05, 0.1) is 12.2 Å². The van der Waals surface area contributed by atoms with Crippen LogP contribution in [0, 0.1) is 17.3 Å². The molecule has 0 aromatic heterocycles. The first-order valence-corrected chi connectivity index (χ1v) is 6.76. The number of aliphatic hydroxyl groups is 2. The molecule has 0 aromatic rings. The minimum absolute atomic E-state index is 0.125. The molecule has 2 atom stereocenters. The predicted molar refractivity (Wildman–Crippen MR) is 67.2 cm³/mol. The maximum atomic E-state index is 10.8. The molecule has 0 spiro atoms. The molecule has 0 bridgehead atoms. The fourth-order valence-electron chi connectivity index (χ4n) is 3.93. The average Bonchev–Trinajstić information content (AvgIpc) is 2.26. The summed E-state index contributed by atoms with van der Waals surface area (Å²) in [5.74, 6) is 1.22. The van der Waals surface area contributed by atoms with Gasteiger partial charge in [0.25, 0.3) is 0 Å². The Morgan fingerprint density at radius 1 is 1.12 bits per heavy atom. The van der Waals surface area contributed by atoms with Crippen LogP contribution in [0.5, 0.6) is 0 Å². The van der Waals surface area contributed by atoms with Crippen molar-refractivity contribution >= 4 is 0 Å². The van der Waals surface area contributed by atoms with Crippen molar-refractivity contribution in [3.63, 3.8) is 0 Å². The normalized spacial score (nSPS) is 36.4. The van der Waals surface area contributed by atoms with Gasteiger partial charge < -0.3 is 10.2 Å². The van der Waals surface area contributed by atoms with Gasteiger partial charge in [0.1, 0.15) is 0 Å². The Kier molecular flexibility index (Phi) is 4.42. The lowest BCUT2D eigenvalue weighted by Crippen LogP contribution is -2.53. The van der Waals surface area contributed by atoms with Gasteiger partial charge in [-0.25, -0.2) is 0 Å². The van der Waals surface area contributed by atoms with E-state index in [0.717, 1.165) is 25.7 Å². The van der Waals surface area contributed by atoms with Crippen molar-refractivity contribution in [3.8, 4) is 0 Å². The minimum atomic E-state index is -0.690. The van der Waals surface area contributed by atoms with Gasteiger partial charge in [0.15, 0.2) is 0 Å². The second-order valence-corrected chi connectivity index (χ2v) is 6.03. The zero-order chi connectivity index (χ0) is 12.4. The molecule has 2 N–H and O–H groups in total. The van der Waals surface area contributed by atoms with Crippen LogP contribution in [0.15, 0.2) is 0 Å². The molecule has 0 aromatic carbocycles. The van der Waals surface area contributed by atoms with Crippen molar-refractivity contribution in [1.29, 1.82) is 0 Å². The van der Waals surface area contributed by atoms with Crippen molar-refractivity contribution in [1.82, 2.24) is 0 Å². The molecule has 1 rings (SSSR count). The molecule has 1 saturated carbocycles. The summed E-state index contributed by atoms with van der Waals surface area (Å²) in [5, 5.41) is 20.6. The Morgan fingerprint density at radius 2 is 1.56 bits per heavy atom. The molecule has 16 heavy (non-hydrogen) atoms. The van der Waals surface area contributed by atoms with Gasteiger partial charge in [-0.2, -0.15) is 0 Å². The SMILES string of the molecule is CCC(O)(CC)C1(CO)CC(C)CC(C)C1. The highest BCUT2D eigenvalue weighted by Gasteiger charge is 2.50. The molecule has 2 unspecified atom stereocenters. The van der Waals surface area contributed by atoms with E-state index in [1.165, 1.54) is 6.42 Å². The van der Waals surface area contributed by atoms with Gasteiger partial charge in [0, 0.05) is 5.41 Å². The predicted octanol–water partition coefficient (Wildman–Crippen LogP) is 2.97. The zero-order valence-corrected chi connectivity index (χ0v) is 11.3. The third-order valence-corrected chi connectivity index (χ3v) is 4.74. The molecule has 0 amide bonds. The second-order valence-electron chi connectivity index (χ2n) is 6.03. The highest BCUT2D eigenvalue weighted by molar-refractivity contribution is 5.01. The Hall–Kier alpha value is -0.0800. The van der Waals surface area contributed by atoms with E-state index in [9.17, 15) is 10.2 Å². The summed E-state index contributed by atoms with van der Waals surface area (Å²) < 4.78 is 0. The van der Waals surface area contributed by atoms with Crippen molar-refractivity contribution in [2.75, 3.05) is 6.61 Å². The van der Waals surface area contributed by atoms with Crippen molar-refractivity contribution in [2.45, 2.75) is 65.4 Å². The van der Waals surface area contributed by atoms with Crippen LogP contribution in [-0.2, 0) is 0 Å². The van der Waals surface area contributed by atoms with E-state index in [1.807, 2.05) is 13.8 Å². The number of hydrogen-bond acceptors (Lipinski definition) is 2. The largest absolute Gasteiger partial charge is 0.396 e. The monoisotopic (exact) mass is 228 g/mol. The van der Waals surface area contributed by atoms with Crippen LogP contribution in [0.3, 0.4) is 0 Å². The van der Waals surface area contributed by atoms with Crippen LogP contribution in [0.2, 0.25) is 0 Å². The molecule has 1 fully saturated rings. The molecular formula is C14H28O2. The zero-order valence-electron chi connectivity index (χ0n) is 11.3. The Labute approximate surface area is 100 Å². The second kappa shape index (κ2) is 5.05. The molecule has 96 valence electrons. The van der Waals surface area contributed by atoms with E-state index in [-0.39, 0.29) is 12.0 Å². The fraction of sp³-hybridized carbons (Fsp3) is 1.00. The first-order chi connectivity index (χ1) is 7.43. The highest BCUT2D eigenvalue weighted by atomic mass is 16.3. The van der Waals surface area contributed by atoms with Gasteiger partial charge in [-0.05, 0) is 43.9 Å². The summed E-state index contributed by atoms with van der Waals surface area (Å²) in [7, 11) is 0. The highest BCUT2D eigenvalue weighted by Crippen LogP contribution is 2.51. The quantitative estimate of drug-likeness (QED) is 0.776. The van der Waals surface area contributed by atoms with Crippen LogP contribution in [0.4, 0.5) is 0 Å². The lowest BCUT2D eigenvalue weighted by atomic mass is 9.57. The molecule has 0 radical (unpaired) electrons. The molecule has 1 aliphatic rings. The summed E-state index contributed by atoms with van der Waals surface area (Å²) >= 11 is 0. The number of aliphatic hydroxyl groups excluding tert-OH is 1. The van der Waals surface area contributed by atoms with Crippen LogP contribution < -0.4 is 0 Å². The molecule has 2 heteroatoms. The number of hydrogen-bond donors (Lipinski definition) is 2. The maximum Gasteiger partial charge on any atom is 0.0720 e. The van der Waals surface area contributed by atoms with Crippen LogP contribution >= 0.6 is 0 Å². The molecule has 2 nitrogen and oxygen atoms in total. The van der Waals surface area contributed by atoms with Gasteiger partial charge >= 0.3 is 0 Å². The van der Waals surface area contributed by atoms with E-state index < -0.39 is 5.60 Å². The van der Waals surface area contributed by atoms with Crippen LogP contribution in [0.25, 0.3) is 0 Å². The van der Waals surface area contributed by atoms with E-state index >= 15 is 0 Å². The fourth-order valence-corrected chi connectivity index (χ4v) is 3.93. The topological polar surface area (TPSA) is 40.5 Å². The molecular weight excluding hydrogens is 200 g/mol. The summed E-state index contributed by atoms with van der Waals surface area (Å²) in [6.45, 7) is 8.67. The standard InChI is InChI=1S/C14H28O2/c1-5-14(16,6-2)13(10-15)8-11(3)7-12(4)9-13/h11-12,15-16H,5-10H2,1-4H3. The Balaban J connectivity index is 2.99. The van der Waals surface area contributed by atoms with Crippen LogP contribution in [-0.4, -0.2) is 22.4 Å². The molecule has 0 saturated heterocycles. The smallest absolute Gasteiger partial charge is 0.0720 e. The van der Waals surface area contributed by atoms with Crippen molar-refractivity contribution < 1.29 is 10.2 Å². The van der Waals surface area contributed by atoms with E-state index in [2.05, 4.69) is 13.8 Å². The summed E-state index contributed by atoms with van der Waals surface area (Å²) in [4.78, 5) is 0. The third-order valence-electron chi connectivity index (χ3n) is 4.74. The first-order valence-electron chi connectivity index (χ1n) is 6.76. The molecule has 1 aliphatic carbocycles.